The van der Waals surface area contributed by atoms with Gasteiger partial charge in [-0.25, -0.2) is 4.79 Å². The number of carbonyl (C=O) groups is 1. The van der Waals surface area contributed by atoms with Crippen molar-refractivity contribution in [2.45, 2.75) is 77.2 Å². The van der Waals surface area contributed by atoms with Gasteiger partial charge in [-0.05, 0) is 47.0 Å². The Morgan fingerprint density at radius 3 is 2.50 bits per heavy atom. The van der Waals surface area contributed by atoms with Crippen LogP contribution in [-0.4, -0.2) is 70.5 Å². The van der Waals surface area contributed by atoms with Crippen molar-refractivity contribution >= 4 is 46.8 Å². The lowest BCUT2D eigenvalue weighted by Gasteiger charge is -2.30. The fourth-order valence-electron chi connectivity index (χ4n) is 3.15. The van der Waals surface area contributed by atoms with Crippen LogP contribution in [0.25, 0.3) is 0 Å². The summed E-state index contributed by atoms with van der Waals surface area (Å²) in [6, 6.07) is 0.290. The molecule has 0 saturated heterocycles. The Bertz CT molecular complexity index is 526. The van der Waals surface area contributed by atoms with E-state index >= 15 is 0 Å². The molecule has 166 valence electrons. The molecule has 0 bridgehead atoms. The molecule has 0 aliphatic heterocycles. The molecular weight excluding hydrogens is 491 g/mol. The predicted octanol–water partition coefficient (Wildman–Crippen LogP) is 3.11. The highest BCUT2D eigenvalue weighted by Crippen LogP contribution is 2.22. The van der Waals surface area contributed by atoms with E-state index in [1.807, 2.05) is 34.6 Å². The number of hydrogen-bond acceptors (Lipinski definition) is 4. The number of nitrogens with zero attached hydrogens (tertiary/aromatic N) is 2. The van der Waals surface area contributed by atoms with Gasteiger partial charge in [-0.2, -0.15) is 0 Å². The van der Waals surface area contributed by atoms with Crippen LogP contribution in [0.1, 0.15) is 60.3 Å². The second-order valence-electron chi connectivity index (χ2n) is 7.86. The average molecular weight is 531 g/mol. The van der Waals surface area contributed by atoms with Crippen molar-refractivity contribution in [3.05, 3.63) is 0 Å². The molecule has 1 saturated carbocycles. The first kappa shape index (κ1) is 27.4. The quantitative estimate of drug-likeness (QED) is 0.300. The fraction of sp³-hybridized carbons (Fsp3) is 0.895. The summed E-state index contributed by atoms with van der Waals surface area (Å²) in [5, 5.41) is 6.99. The molecular formula is C19H39IN4O3S. The first-order chi connectivity index (χ1) is 12.7. The molecule has 3 unspecified atom stereocenters. The van der Waals surface area contributed by atoms with Crippen molar-refractivity contribution in [1.82, 2.24) is 15.5 Å². The van der Waals surface area contributed by atoms with E-state index in [-0.39, 0.29) is 35.3 Å². The highest BCUT2D eigenvalue weighted by Gasteiger charge is 2.26. The summed E-state index contributed by atoms with van der Waals surface area (Å²) in [4.78, 5) is 18.1. The second kappa shape index (κ2) is 13.6. The van der Waals surface area contributed by atoms with E-state index in [1.54, 1.807) is 11.9 Å². The van der Waals surface area contributed by atoms with Crippen molar-refractivity contribution in [2.75, 3.05) is 32.4 Å². The zero-order valence-corrected chi connectivity index (χ0v) is 21.4. The van der Waals surface area contributed by atoms with E-state index in [0.29, 0.717) is 25.7 Å². The number of ether oxygens (including phenoxy) is 1. The van der Waals surface area contributed by atoms with Gasteiger partial charge in [-0.1, -0.05) is 13.3 Å². The van der Waals surface area contributed by atoms with E-state index in [2.05, 4.69) is 15.6 Å². The molecule has 1 amide bonds. The van der Waals surface area contributed by atoms with Crippen LogP contribution in [0.2, 0.25) is 0 Å². The number of carbonyl (C=O) groups excluding carboxylic acids is 1. The van der Waals surface area contributed by atoms with Gasteiger partial charge in [-0.3, -0.25) is 9.20 Å². The van der Waals surface area contributed by atoms with Crippen molar-refractivity contribution in [3.63, 3.8) is 0 Å². The van der Waals surface area contributed by atoms with Gasteiger partial charge in [0.25, 0.3) is 0 Å². The number of amides is 1. The van der Waals surface area contributed by atoms with Crippen molar-refractivity contribution < 1.29 is 13.7 Å². The highest BCUT2D eigenvalue weighted by molar-refractivity contribution is 14.0. The van der Waals surface area contributed by atoms with Gasteiger partial charge in [0.05, 0.1) is 0 Å². The van der Waals surface area contributed by atoms with Gasteiger partial charge in [0.1, 0.15) is 5.60 Å². The molecule has 1 aliphatic rings. The van der Waals surface area contributed by atoms with Gasteiger partial charge < -0.3 is 20.3 Å². The highest BCUT2D eigenvalue weighted by atomic mass is 127. The summed E-state index contributed by atoms with van der Waals surface area (Å²) in [6.07, 6.45) is 3.82. The minimum atomic E-state index is -0.736. The van der Waals surface area contributed by atoms with Crippen molar-refractivity contribution in [3.8, 4) is 0 Å². The van der Waals surface area contributed by atoms with Crippen LogP contribution in [0.15, 0.2) is 4.99 Å². The summed E-state index contributed by atoms with van der Waals surface area (Å²) >= 11 is 0. The average Bonchev–Trinajstić information content (AvgIpc) is 2.62. The fourth-order valence-corrected chi connectivity index (χ4v) is 4.50. The molecule has 1 fully saturated rings. The molecule has 3 atom stereocenters. The first-order valence-corrected chi connectivity index (χ1v) is 11.4. The van der Waals surface area contributed by atoms with Crippen LogP contribution in [0.3, 0.4) is 0 Å². The molecule has 0 aromatic carbocycles. The van der Waals surface area contributed by atoms with Crippen LogP contribution < -0.4 is 10.6 Å². The molecule has 7 nitrogen and oxygen atoms in total. The summed E-state index contributed by atoms with van der Waals surface area (Å²) in [5.74, 6) is 1.45. The number of likely N-dealkylation sites (N-methyl/N-ethyl adjacent to an activating group) is 1. The lowest BCUT2D eigenvalue weighted by atomic mass is 9.95. The molecule has 0 radical (unpaired) electrons. The number of nitrogens with one attached hydrogen (secondary N) is 2. The molecule has 28 heavy (non-hydrogen) atoms. The Balaban J connectivity index is 0.00000729. The predicted molar refractivity (Wildman–Crippen MR) is 128 cm³/mol. The van der Waals surface area contributed by atoms with Gasteiger partial charge >= 0.3 is 6.09 Å². The van der Waals surface area contributed by atoms with Gasteiger partial charge in [0, 0.05) is 54.5 Å². The zero-order chi connectivity index (χ0) is 20.4. The summed E-state index contributed by atoms with van der Waals surface area (Å²) in [5.41, 5.74) is -0.494. The molecule has 9 heteroatoms. The van der Waals surface area contributed by atoms with Crippen LogP contribution in [-0.2, 0) is 15.5 Å². The zero-order valence-electron chi connectivity index (χ0n) is 18.2. The van der Waals surface area contributed by atoms with Gasteiger partial charge in [-0.15, -0.1) is 24.0 Å². The summed E-state index contributed by atoms with van der Waals surface area (Å²) < 4.78 is 17.5. The maximum Gasteiger partial charge on any atom is 0.410 e. The van der Waals surface area contributed by atoms with Gasteiger partial charge in [0.2, 0.25) is 0 Å². The molecule has 0 spiro atoms. The third-order valence-electron chi connectivity index (χ3n) is 4.55. The maximum absolute atomic E-state index is 12.2. The molecule has 1 rings (SSSR count). The van der Waals surface area contributed by atoms with Crippen LogP contribution in [0, 0.1) is 0 Å². The lowest BCUT2D eigenvalue weighted by Crippen LogP contribution is -2.48. The smallest absolute Gasteiger partial charge is 0.410 e. The van der Waals surface area contributed by atoms with E-state index in [1.165, 1.54) is 0 Å². The third-order valence-corrected chi connectivity index (χ3v) is 6.30. The molecule has 1 aliphatic carbocycles. The molecule has 2 N–H and O–H groups in total. The van der Waals surface area contributed by atoms with Crippen LogP contribution in [0.4, 0.5) is 4.79 Å². The molecule has 0 heterocycles. The van der Waals surface area contributed by atoms with E-state index in [0.717, 1.165) is 37.4 Å². The minimum Gasteiger partial charge on any atom is -0.444 e. The lowest BCUT2D eigenvalue weighted by molar-refractivity contribution is 0.0264. The second-order valence-corrected chi connectivity index (χ2v) is 9.86. The topological polar surface area (TPSA) is 83.0 Å². The standard InChI is InChI=1S/C19H38N4O3S.HI/c1-7-23(18(24)26-19(3,4)5)13-12-21-17(20-6)22-15-10-9-11-16(14-15)27(25)8-2;/h15-16H,7-14H2,1-6H3,(H2,20,21,22);1H. The summed E-state index contributed by atoms with van der Waals surface area (Å²) in [7, 11) is 1.01. The van der Waals surface area contributed by atoms with E-state index in [9.17, 15) is 9.00 Å². The Morgan fingerprint density at radius 1 is 1.29 bits per heavy atom. The Morgan fingerprint density at radius 2 is 1.96 bits per heavy atom. The van der Waals surface area contributed by atoms with Crippen molar-refractivity contribution in [1.29, 1.82) is 0 Å². The normalized spacial score (nSPS) is 21.3. The Labute approximate surface area is 190 Å². The number of guanidine groups is 1. The van der Waals surface area contributed by atoms with Gasteiger partial charge in [0.15, 0.2) is 5.96 Å². The number of rotatable bonds is 7. The molecule has 0 aromatic heterocycles. The van der Waals surface area contributed by atoms with E-state index in [4.69, 9.17) is 4.74 Å². The monoisotopic (exact) mass is 530 g/mol. The number of aliphatic imine (C=N–C) groups is 1. The SMILES string of the molecule is CCN(CCNC(=NC)NC1CCCC(S(=O)CC)C1)C(=O)OC(C)(C)C.I. The first-order valence-electron chi connectivity index (χ1n) is 10.0. The minimum absolute atomic E-state index is 0. The largest absolute Gasteiger partial charge is 0.444 e. The molecule has 0 aromatic rings. The van der Waals surface area contributed by atoms with Crippen LogP contribution in [0.5, 0.6) is 0 Å². The van der Waals surface area contributed by atoms with E-state index < -0.39 is 16.4 Å². The van der Waals surface area contributed by atoms with Crippen molar-refractivity contribution in [2.24, 2.45) is 4.99 Å². The third kappa shape index (κ3) is 10.3. The number of hydrogen-bond donors (Lipinski definition) is 2. The maximum atomic E-state index is 12.2. The Kier molecular flexibility index (Phi) is 13.3. The van der Waals surface area contributed by atoms with Crippen LogP contribution >= 0.6 is 24.0 Å². The number of halogens is 1. The summed E-state index contributed by atoms with van der Waals surface area (Å²) in [6.45, 7) is 11.2. The Hall–Kier alpha value is -0.580.